The van der Waals surface area contributed by atoms with Gasteiger partial charge in [0.05, 0.1) is 0 Å². The highest BCUT2D eigenvalue weighted by Crippen LogP contribution is 2.66. The monoisotopic (exact) mass is 408 g/mol. The van der Waals surface area contributed by atoms with Crippen LogP contribution in [-0.4, -0.2) is 5.78 Å². The molecule has 4 aliphatic carbocycles. The molecule has 0 unspecified atom stereocenters. The number of hydrogen-bond donors (Lipinski definition) is 0. The van der Waals surface area contributed by atoms with Gasteiger partial charge in [-0.05, 0) is 110 Å². The molecule has 0 aromatic rings. The van der Waals surface area contributed by atoms with Crippen LogP contribution in [0.3, 0.4) is 0 Å². The van der Waals surface area contributed by atoms with Crippen molar-refractivity contribution in [1.82, 2.24) is 0 Å². The molecule has 0 heterocycles. The van der Waals surface area contributed by atoms with Gasteiger partial charge in [0.15, 0.2) is 5.78 Å². The normalized spacial score (nSPS) is 41.9. The van der Waals surface area contributed by atoms with Crippen LogP contribution in [0.5, 0.6) is 0 Å². The molecule has 0 aliphatic heterocycles. The fraction of sp³-hybridized carbons (Fsp3) is 0.759. The molecule has 1 nitrogen and oxygen atoms in total. The van der Waals surface area contributed by atoms with Gasteiger partial charge >= 0.3 is 0 Å². The summed E-state index contributed by atoms with van der Waals surface area (Å²) in [6, 6.07) is 0. The van der Waals surface area contributed by atoms with E-state index < -0.39 is 0 Å². The molecule has 166 valence electrons. The quantitative estimate of drug-likeness (QED) is 0.422. The third-order valence-corrected chi connectivity index (χ3v) is 10.3. The van der Waals surface area contributed by atoms with Crippen molar-refractivity contribution in [1.29, 1.82) is 0 Å². The average Bonchev–Trinajstić information content (AvgIpc) is 3.05. The minimum Gasteiger partial charge on any atom is -0.295 e. The number of carbonyl (C=O) groups is 1. The molecule has 0 N–H and O–H groups in total. The van der Waals surface area contributed by atoms with Crippen LogP contribution in [0.2, 0.25) is 0 Å². The van der Waals surface area contributed by atoms with E-state index in [1.807, 2.05) is 0 Å². The van der Waals surface area contributed by atoms with Crippen molar-refractivity contribution in [3.63, 3.8) is 0 Å². The lowest BCUT2D eigenvalue weighted by atomic mass is 9.47. The van der Waals surface area contributed by atoms with Crippen molar-refractivity contribution < 1.29 is 4.79 Å². The largest absolute Gasteiger partial charge is 0.295 e. The van der Waals surface area contributed by atoms with E-state index in [4.69, 9.17) is 0 Å². The fourth-order valence-corrected chi connectivity index (χ4v) is 8.38. The predicted octanol–water partition coefficient (Wildman–Crippen LogP) is 7.93. The molecule has 1 heteroatoms. The number of rotatable bonds is 5. The van der Waals surface area contributed by atoms with E-state index in [9.17, 15) is 4.79 Å². The van der Waals surface area contributed by atoms with Crippen LogP contribution in [0.25, 0.3) is 0 Å². The van der Waals surface area contributed by atoms with Crippen LogP contribution < -0.4 is 0 Å². The highest BCUT2D eigenvalue weighted by molar-refractivity contribution is 5.95. The second kappa shape index (κ2) is 8.10. The van der Waals surface area contributed by atoms with E-state index in [-0.39, 0.29) is 11.3 Å². The first-order valence-corrected chi connectivity index (χ1v) is 12.8. The third kappa shape index (κ3) is 3.39. The number of hydrogen-bond acceptors (Lipinski definition) is 1. The highest BCUT2D eigenvalue weighted by atomic mass is 16.1. The number of allylic oxidation sites excluding steroid dienone is 6. The summed E-state index contributed by atoms with van der Waals surface area (Å²) in [6.07, 6.45) is 19.1. The van der Waals surface area contributed by atoms with Gasteiger partial charge in [0, 0.05) is 5.92 Å². The molecule has 0 amide bonds. The SMILES string of the molecule is CC=C(CC[C@@H](C)[C@H]1CC[C@H]2[C@@H]3C(=O)C=C4C=CCC[C@]4(C)[C@H]3CC[C@]12C)C(C)C. The minimum atomic E-state index is 0.233. The molecule has 2 saturated carbocycles. The fourth-order valence-electron chi connectivity index (χ4n) is 8.38. The van der Waals surface area contributed by atoms with E-state index in [2.05, 4.69) is 65.8 Å². The Hall–Kier alpha value is -1.11. The van der Waals surface area contributed by atoms with Crippen LogP contribution in [0.15, 0.2) is 35.5 Å². The van der Waals surface area contributed by atoms with E-state index in [1.54, 1.807) is 5.57 Å². The molecule has 0 radical (unpaired) electrons. The van der Waals surface area contributed by atoms with Crippen molar-refractivity contribution in [2.75, 3.05) is 0 Å². The Morgan fingerprint density at radius 2 is 1.90 bits per heavy atom. The van der Waals surface area contributed by atoms with Crippen molar-refractivity contribution >= 4 is 5.78 Å². The van der Waals surface area contributed by atoms with E-state index in [0.29, 0.717) is 29.0 Å². The van der Waals surface area contributed by atoms with Gasteiger partial charge in [-0.1, -0.05) is 58.4 Å². The van der Waals surface area contributed by atoms with E-state index in [0.717, 1.165) is 11.8 Å². The molecule has 0 aromatic carbocycles. The van der Waals surface area contributed by atoms with Gasteiger partial charge in [-0.25, -0.2) is 0 Å². The summed E-state index contributed by atoms with van der Waals surface area (Å²) >= 11 is 0. The zero-order valence-electron chi connectivity index (χ0n) is 20.3. The van der Waals surface area contributed by atoms with Gasteiger partial charge in [-0.15, -0.1) is 0 Å². The maximum Gasteiger partial charge on any atom is 0.159 e. The molecule has 0 spiro atoms. The Kier molecular flexibility index (Phi) is 5.97. The van der Waals surface area contributed by atoms with Crippen molar-refractivity contribution in [2.24, 2.45) is 46.3 Å². The standard InChI is InChI=1S/C29H44O/c1-7-21(19(2)3)12-11-20(4)23-13-14-24-27-25(15-17-29(23,24)6)28(5)16-9-8-10-22(28)18-26(27)30/h7-8,10,18-20,23-25,27H,9,11-17H2,1-6H3/t20-,23-,24+,25+,27+,28+,29-/m1/s1. The molecule has 0 aromatic heterocycles. The van der Waals surface area contributed by atoms with Crippen LogP contribution in [0.1, 0.15) is 92.9 Å². The number of fused-ring (bicyclic) bond motifs is 5. The lowest BCUT2D eigenvalue weighted by Crippen LogP contribution is -2.52. The molecule has 0 saturated heterocycles. The van der Waals surface area contributed by atoms with Crippen molar-refractivity contribution in [3.8, 4) is 0 Å². The van der Waals surface area contributed by atoms with Crippen LogP contribution in [-0.2, 0) is 4.79 Å². The summed E-state index contributed by atoms with van der Waals surface area (Å²) in [6.45, 7) is 14.4. The topological polar surface area (TPSA) is 17.1 Å². The molecule has 7 atom stereocenters. The van der Waals surface area contributed by atoms with Gasteiger partial charge in [0.25, 0.3) is 0 Å². The smallest absolute Gasteiger partial charge is 0.159 e. The second-order valence-electron chi connectivity index (χ2n) is 11.9. The average molecular weight is 409 g/mol. The van der Waals surface area contributed by atoms with E-state index >= 15 is 0 Å². The van der Waals surface area contributed by atoms with Gasteiger partial charge in [-0.3, -0.25) is 4.79 Å². The first kappa shape index (κ1) is 22.1. The van der Waals surface area contributed by atoms with Crippen molar-refractivity contribution in [3.05, 3.63) is 35.5 Å². The Morgan fingerprint density at radius 1 is 1.13 bits per heavy atom. The summed E-state index contributed by atoms with van der Waals surface area (Å²) in [5.41, 5.74) is 3.54. The number of carbonyl (C=O) groups excluding carboxylic acids is 1. The summed E-state index contributed by atoms with van der Waals surface area (Å²) in [5, 5.41) is 0. The van der Waals surface area contributed by atoms with E-state index in [1.165, 1.54) is 56.9 Å². The predicted molar refractivity (Wildman–Crippen MR) is 127 cm³/mol. The summed E-state index contributed by atoms with van der Waals surface area (Å²) in [7, 11) is 0. The summed E-state index contributed by atoms with van der Waals surface area (Å²) in [4.78, 5) is 13.4. The molecule has 4 rings (SSSR count). The Balaban J connectivity index is 1.54. The van der Waals surface area contributed by atoms with Gasteiger partial charge in [0.2, 0.25) is 0 Å². The van der Waals surface area contributed by atoms with Crippen LogP contribution >= 0.6 is 0 Å². The Morgan fingerprint density at radius 3 is 2.60 bits per heavy atom. The third-order valence-electron chi connectivity index (χ3n) is 10.3. The Labute approximate surface area is 185 Å². The molecular weight excluding hydrogens is 364 g/mol. The van der Waals surface area contributed by atoms with Gasteiger partial charge in [-0.2, -0.15) is 0 Å². The minimum absolute atomic E-state index is 0.233. The van der Waals surface area contributed by atoms with Crippen LogP contribution in [0, 0.1) is 46.3 Å². The lowest BCUT2D eigenvalue weighted by molar-refractivity contribution is -0.133. The zero-order chi connectivity index (χ0) is 21.7. The molecule has 2 fully saturated rings. The lowest BCUT2D eigenvalue weighted by Gasteiger charge is -2.56. The first-order chi connectivity index (χ1) is 14.2. The number of ketones is 1. The Bertz CT molecular complexity index is 767. The summed E-state index contributed by atoms with van der Waals surface area (Å²) in [5.74, 6) is 4.10. The molecule has 0 bridgehead atoms. The molecular formula is C29H44O. The van der Waals surface area contributed by atoms with Crippen molar-refractivity contribution in [2.45, 2.75) is 92.9 Å². The maximum atomic E-state index is 13.4. The maximum absolute atomic E-state index is 13.4. The van der Waals surface area contributed by atoms with Gasteiger partial charge in [0.1, 0.15) is 0 Å². The zero-order valence-corrected chi connectivity index (χ0v) is 20.3. The van der Waals surface area contributed by atoms with Crippen LogP contribution in [0.4, 0.5) is 0 Å². The first-order valence-electron chi connectivity index (χ1n) is 12.8. The summed E-state index contributed by atoms with van der Waals surface area (Å²) < 4.78 is 0. The second-order valence-corrected chi connectivity index (χ2v) is 11.9. The molecule has 30 heavy (non-hydrogen) atoms. The van der Waals surface area contributed by atoms with Gasteiger partial charge < -0.3 is 0 Å². The highest BCUT2D eigenvalue weighted by Gasteiger charge is 2.60. The molecule has 4 aliphatic rings.